The monoisotopic (exact) mass is 348 g/mol. The zero-order valence-corrected chi connectivity index (χ0v) is 13.3. The van der Waals surface area contributed by atoms with E-state index in [-0.39, 0.29) is 17.3 Å². The van der Waals surface area contributed by atoms with Crippen LogP contribution < -0.4 is 10.1 Å². The normalized spacial score (nSPS) is 10.6. The molecule has 0 saturated heterocycles. The van der Waals surface area contributed by atoms with Crippen molar-refractivity contribution in [1.29, 1.82) is 0 Å². The maximum Gasteiger partial charge on any atom is 0.379 e. The second-order valence-electron chi connectivity index (χ2n) is 5.32. The van der Waals surface area contributed by atoms with E-state index in [4.69, 9.17) is 13.6 Å². The number of nitrogens with zero attached hydrogens (tertiary/aromatic N) is 1. The summed E-state index contributed by atoms with van der Waals surface area (Å²) in [6.07, 6.45) is 2.80. The Bertz CT molecular complexity index is 1070. The van der Waals surface area contributed by atoms with Gasteiger partial charge in [0.15, 0.2) is 11.5 Å². The Morgan fingerprint density at radius 3 is 2.38 bits per heavy atom. The standard InChI is InChI=1S/C19H12N2O5/c22-18(14-6-2-10-24-14)21-16-9-8-12-4-1-5-13(17(12)20-16)26-19(23)15-7-3-11-25-15/h1-11H,(H,20,21,22). The number of esters is 1. The van der Waals surface area contributed by atoms with Crippen LogP contribution in [0.15, 0.2) is 76.0 Å². The van der Waals surface area contributed by atoms with E-state index in [0.717, 1.165) is 5.39 Å². The van der Waals surface area contributed by atoms with Crippen LogP contribution in [0.1, 0.15) is 21.1 Å². The number of pyridine rings is 1. The fourth-order valence-corrected chi connectivity index (χ4v) is 2.40. The summed E-state index contributed by atoms with van der Waals surface area (Å²) in [5, 5.41) is 3.40. The Morgan fingerprint density at radius 2 is 1.65 bits per heavy atom. The van der Waals surface area contributed by atoms with Gasteiger partial charge < -0.3 is 18.9 Å². The van der Waals surface area contributed by atoms with Crippen molar-refractivity contribution in [2.24, 2.45) is 0 Å². The van der Waals surface area contributed by atoms with Crippen molar-refractivity contribution in [1.82, 2.24) is 4.98 Å². The van der Waals surface area contributed by atoms with Gasteiger partial charge in [0.2, 0.25) is 5.76 Å². The van der Waals surface area contributed by atoms with Crippen LogP contribution >= 0.6 is 0 Å². The maximum atomic E-state index is 12.1. The molecule has 1 N–H and O–H groups in total. The molecule has 0 atom stereocenters. The number of furan rings is 2. The minimum Gasteiger partial charge on any atom is -0.459 e. The minimum absolute atomic E-state index is 0.0873. The summed E-state index contributed by atoms with van der Waals surface area (Å²) in [5.41, 5.74) is 0.435. The molecule has 1 aromatic carbocycles. The first-order valence-electron chi connectivity index (χ1n) is 7.71. The second kappa shape index (κ2) is 6.56. The van der Waals surface area contributed by atoms with Crippen LogP contribution in [-0.4, -0.2) is 16.9 Å². The topological polar surface area (TPSA) is 94.6 Å². The Kier molecular flexibility index (Phi) is 3.95. The lowest BCUT2D eigenvalue weighted by atomic mass is 10.2. The predicted octanol–water partition coefficient (Wildman–Crippen LogP) is 3.89. The van der Waals surface area contributed by atoms with Gasteiger partial charge in [-0.3, -0.25) is 4.79 Å². The maximum absolute atomic E-state index is 12.1. The first-order valence-corrected chi connectivity index (χ1v) is 7.71. The number of anilines is 1. The summed E-state index contributed by atoms with van der Waals surface area (Å²) in [4.78, 5) is 28.6. The number of benzene rings is 1. The fourth-order valence-electron chi connectivity index (χ4n) is 2.40. The molecule has 0 aliphatic heterocycles. The van der Waals surface area contributed by atoms with Crippen molar-refractivity contribution in [3.63, 3.8) is 0 Å². The molecule has 0 aliphatic carbocycles. The zero-order chi connectivity index (χ0) is 17.9. The fraction of sp³-hybridized carbons (Fsp3) is 0. The summed E-state index contributed by atoms with van der Waals surface area (Å²) < 4.78 is 15.5. The number of ether oxygens (including phenoxy) is 1. The van der Waals surface area contributed by atoms with Crippen LogP contribution in [0.4, 0.5) is 5.82 Å². The van der Waals surface area contributed by atoms with Crippen LogP contribution in [0.3, 0.4) is 0 Å². The second-order valence-corrected chi connectivity index (χ2v) is 5.32. The van der Waals surface area contributed by atoms with Crippen LogP contribution in [-0.2, 0) is 0 Å². The van der Waals surface area contributed by atoms with Gasteiger partial charge in [-0.2, -0.15) is 0 Å². The third-order valence-electron chi connectivity index (χ3n) is 3.59. The largest absolute Gasteiger partial charge is 0.459 e. The summed E-state index contributed by atoms with van der Waals surface area (Å²) in [6.45, 7) is 0. The van der Waals surface area contributed by atoms with Crippen molar-refractivity contribution in [2.45, 2.75) is 0 Å². The third kappa shape index (κ3) is 3.05. The molecule has 0 saturated carbocycles. The molecular formula is C19H12N2O5. The van der Waals surface area contributed by atoms with Gasteiger partial charge in [0, 0.05) is 5.39 Å². The molecule has 0 bridgehead atoms. The molecule has 7 heteroatoms. The number of para-hydroxylation sites is 1. The van der Waals surface area contributed by atoms with E-state index in [2.05, 4.69) is 10.3 Å². The van der Waals surface area contributed by atoms with Crippen LogP contribution in [0.2, 0.25) is 0 Å². The zero-order valence-electron chi connectivity index (χ0n) is 13.3. The lowest BCUT2D eigenvalue weighted by molar-refractivity contribution is 0.0703. The molecular weight excluding hydrogens is 336 g/mol. The highest BCUT2D eigenvalue weighted by atomic mass is 16.5. The van der Waals surface area contributed by atoms with Crippen LogP contribution in [0.25, 0.3) is 10.9 Å². The molecule has 4 aromatic rings. The molecule has 0 radical (unpaired) electrons. The Labute approximate surface area is 147 Å². The van der Waals surface area contributed by atoms with Gasteiger partial charge in [-0.1, -0.05) is 12.1 Å². The molecule has 4 rings (SSSR count). The van der Waals surface area contributed by atoms with E-state index < -0.39 is 11.9 Å². The average molecular weight is 348 g/mol. The van der Waals surface area contributed by atoms with Crippen molar-refractivity contribution in [2.75, 3.05) is 5.32 Å². The van der Waals surface area contributed by atoms with Gasteiger partial charge in [-0.25, -0.2) is 9.78 Å². The molecule has 3 heterocycles. The number of amides is 1. The number of carbonyl (C=O) groups is 2. The molecule has 128 valence electrons. The molecule has 0 spiro atoms. The van der Waals surface area contributed by atoms with Gasteiger partial charge in [0.25, 0.3) is 5.91 Å². The lowest BCUT2D eigenvalue weighted by Crippen LogP contribution is -2.12. The molecule has 26 heavy (non-hydrogen) atoms. The van der Waals surface area contributed by atoms with E-state index in [0.29, 0.717) is 11.3 Å². The summed E-state index contributed by atoms with van der Waals surface area (Å²) in [5.74, 6) is -0.228. The Hall–Kier alpha value is -3.87. The van der Waals surface area contributed by atoms with E-state index in [1.807, 2.05) is 6.07 Å². The average Bonchev–Trinajstić information content (AvgIpc) is 3.36. The van der Waals surface area contributed by atoms with E-state index in [9.17, 15) is 9.59 Å². The summed E-state index contributed by atoms with van der Waals surface area (Å²) >= 11 is 0. The first-order chi connectivity index (χ1) is 12.7. The van der Waals surface area contributed by atoms with Crippen molar-refractivity contribution >= 4 is 28.6 Å². The van der Waals surface area contributed by atoms with Crippen molar-refractivity contribution in [3.8, 4) is 5.75 Å². The van der Waals surface area contributed by atoms with E-state index in [1.54, 1.807) is 42.5 Å². The first kappa shape index (κ1) is 15.6. The Balaban J connectivity index is 1.64. The van der Waals surface area contributed by atoms with Crippen molar-refractivity contribution in [3.05, 3.63) is 78.6 Å². The number of hydrogen-bond acceptors (Lipinski definition) is 6. The molecule has 0 fully saturated rings. The Morgan fingerprint density at radius 1 is 0.885 bits per heavy atom. The van der Waals surface area contributed by atoms with Crippen LogP contribution in [0.5, 0.6) is 5.75 Å². The highest BCUT2D eigenvalue weighted by molar-refractivity contribution is 6.02. The van der Waals surface area contributed by atoms with E-state index >= 15 is 0 Å². The summed E-state index contributed by atoms with van der Waals surface area (Å²) in [7, 11) is 0. The van der Waals surface area contributed by atoms with Gasteiger partial charge >= 0.3 is 5.97 Å². The van der Waals surface area contributed by atoms with Crippen molar-refractivity contribution < 1.29 is 23.2 Å². The number of nitrogens with one attached hydrogen (secondary N) is 1. The highest BCUT2D eigenvalue weighted by Crippen LogP contribution is 2.26. The number of aromatic nitrogens is 1. The molecule has 7 nitrogen and oxygen atoms in total. The lowest BCUT2D eigenvalue weighted by Gasteiger charge is -2.08. The van der Waals surface area contributed by atoms with Crippen LogP contribution in [0, 0.1) is 0 Å². The van der Waals surface area contributed by atoms with E-state index in [1.165, 1.54) is 18.6 Å². The van der Waals surface area contributed by atoms with Gasteiger partial charge in [0.1, 0.15) is 11.3 Å². The van der Waals surface area contributed by atoms with Gasteiger partial charge in [0.05, 0.1) is 12.5 Å². The number of rotatable bonds is 4. The SMILES string of the molecule is O=C(Nc1ccc2cccc(OC(=O)c3ccco3)c2n1)c1ccco1. The minimum atomic E-state index is -0.630. The van der Waals surface area contributed by atoms with Gasteiger partial charge in [-0.15, -0.1) is 0 Å². The smallest absolute Gasteiger partial charge is 0.379 e. The quantitative estimate of drug-likeness (QED) is 0.444. The molecule has 0 unspecified atom stereocenters. The molecule has 1 amide bonds. The number of carbonyl (C=O) groups excluding carboxylic acids is 2. The summed E-state index contributed by atoms with van der Waals surface area (Å²) in [6, 6.07) is 14.9. The van der Waals surface area contributed by atoms with Gasteiger partial charge in [-0.05, 0) is 42.5 Å². The third-order valence-corrected chi connectivity index (χ3v) is 3.59. The molecule has 0 aliphatic rings. The number of hydrogen-bond donors (Lipinski definition) is 1. The highest BCUT2D eigenvalue weighted by Gasteiger charge is 2.15. The molecule has 3 aromatic heterocycles. The predicted molar refractivity (Wildman–Crippen MR) is 92.1 cm³/mol. The number of fused-ring (bicyclic) bond motifs is 1.